The van der Waals surface area contributed by atoms with Crippen LogP contribution in [0, 0.1) is 6.92 Å². The lowest BCUT2D eigenvalue weighted by molar-refractivity contribution is 1.01. The van der Waals surface area contributed by atoms with Crippen molar-refractivity contribution in [2.24, 2.45) is 0 Å². The van der Waals surface area contributed by atoms with E-state index >= 15 is 0 Å². The summed E-state index contributed by atoms with van der Waals surface area (Å²) in [7, 11) is 0. The van der Waals surface area contributed by atoms with Crippen LogP contribution in [0.3, 0.4) is 0 Å². The number of halogens is 1. The minimum atomic E-state index is 1.12. The van der Waals surface area contributed by atoms with Crippen molar-refractivity contribution >= 4 is 15.9 Å². The van der Waals surface area contributed by atoms with Crippen LogP contribution in [0.25, 0.3) is 0 Å². The largest absolute Gasteiger partial charge is 0.0613 e. The van der Waals surface area contributed by atoms with Crippen molar-refractivity contribution in [3.8, 4) is 0 Å². The minimum Gasteiger partial charge on any atom is -0.0613 e. The molecule has 0 amide bonds. The van der Waals surface area contributed by atoms with Crippen molar-refractivity contribution in [1.29, 1.82) is 0 Å². The summed E-state index contributed by atoms with van der Waals surface area (Å²) in [6.07, 6.45) is 2.25. The van der Waals surface area contributed by atoms with Crippen LogP contribution in [0.1, 0.15) is 30.5 Å². The highest BCUT2D eigenvalue weighted by Crippen LogP contribution is 2.24. The minimum absolute atomic E-state index is 1.12. The molecule has 0 N–H and O–H groups in total. The van der Waals surface area contributed by atoms with E-state index in [-0.39, 0.29) is 0 Å². The summed E-state index contributed by atoms with van der Waals surface area (Å²) in [4.78, 5) is 0. The van der Waals surface area contributed by atoms with Crippen LogP contribution >= 0.6 is 15.9 Å². The molecule has 0 atom stereocenters. The van der Waals surface area contributed by atoms with Gasteiger partial charge < -0.3 is 0 Å². The van der Waals surface area contributed by atoms with Crippen molar-refractivity contribution in [3.05, 3.63) is 33.3 Å². The Labute approximate surface area is 83.1 Å². The molecule has 0 aromatic heterocycles. The van der Waals surface area contributed by atoms with E-state index in [1.807, 2.05) is 0 Å². The summed E-state index contributed by atoms with van der Waals surface area (Å²) in [5, 5.41) is 0. The summed E-state index contributed by atoms with van der Waals surface area (Å²) in [5.41, 5.74) is 4.39. The molecule has 0 spiro atoms. The predicted molar refractivity (Wildman–Crippen MR) is 57.6 cm³/mol. The van der Waals surface area contributed by atoms with Crippen LogP contribution in [0.5, 0.6) is 0 Å². The van der Waals surface area contributed by atoms with E-state index in [9.17, 15) is 0 Å². The van der Waals surface area contributed by atoms with Crippen LogP contribution in [0.4, 0.5) is 0 Å². The number of rotatable bonds is 2. The predicted octanol–water partition coefficient (Wildman–Crippen LogP) is 3.88. The highest BCUT2D eigenvalue weighted by molar-refractivity contribution is 9.10. The van der Waals surface area contributed by atoms with E-state index in [1.165, 1.54) is 21.2 Å². The van der Waals surface area contributed by atoms with Gasteiger partial charge in [0.05, 0.1) is 0 Å². The highest BCUT2D eigenvalue weighted by Gasteiger charge is 2.05. The number of aryl methyl sites for hydroxylation is 1. The lowest BCUT2D eigenvalue weighted by Gasteiger charge is -2.11. The van der Waals surface area contributed by atoms with Crippen molar-refractivity contribution in [3.63, 3.8) is 0 Å². The van der Waals surface area contributed by atoms with Crippen molar-refractivity contribution in [1.82, 2.24) is 0 Å². The molecule has 0 saturated carbocycles. The molecule has 1 aromatic rings. The molecule has 1 aromatic carbocycles. The maximum atomic E-state index is 3.58. The summed E-state index contributed by atoms with van der Waals surface area (Å²) in [6.45, 7) is 6.61. The molecule has 0 nitrogen and oxygen atoms in total. The molecule has 0 fully saturated rings. The van der Waals surface area contributed by atoms with Crippen LogP contribution in [-0.2, 0) is 12.8 Å². The third-order valence-corrected chi connectivity index (χ3v) is 3.06. The van der Waals surface area contributed by atoms with E-state index in [0.29, 0.717) is 0 Å². The fraction of sp³-hybridized carbons (Fsp3) is 0.455. The Hall–Kier alpha value is -0.300. The molecule has 1 rings (SSSR count). The highest BCUT2D eigenvalue weighted by atomic mass is 79.9. The molecule has 0 aliphatic heterocycles. The van der Waals surface area contributed by atoms with Crippen molar-refractivity contribution < 1.29 is 0 Å². The first-order valence-electron chi connectivity index (χ1n) is 4.47. The normalized spacial score (nSPS) is 10.3. The van der Waals surface area contributed by atoms with E-state index in [1.54, 1.807) is 0 Å². The van der Waals surface area contributed by atoms with E-state index < -0.39 is 0 Å². The second-order valence-electron chi connectivity index (χ2n) is 3.03. The molecule has 0 saturated heterocycles. The number of benzene rings is 1. The van der Waals surface area contributed by atoms with Gasteiger partial charge >= 0.3 is 0 Å². The zero-order chi connectivity index (χ0) is 9.14. The third kappa shape index (κ3) is 1.71. The van der Waals surface area contributed by atoms with Gasteiger partial charge in [0.15, 0.2) is 0 Å². The van der Waals surface area contributed by atoms with Crippen molar-refractivity contribution in [2.75, 3.05) is 0 Å². The Morgan fingerprint density at radius 2 is 1.67 bits per heavy atom. The van der Waals surface area contributed by atoms with E-state index in [0.717, 1.165) is 12.8 Å². The standard InChI is InChI=1S/C11H15Br/c1-4-9-8(3)6-7-11(12)10(9)5-2/h6-7H,4-5H2,1-3H3. The van der Waals surface area contributed by atoms with Gasteiger partial charge in [-0.25, -0.2) is 0 Å². The van der Waals surface area contributed by atoms with Gasteiger partial charge in [-0.3, -0.25) is 0 Å². The summed E-state index contributed by atoms with van der Waals surface area (Å²) in [5.74, 6) is 0. The van der Waals surface area contributed by atoms with Gasteiger partial charge in [0.1, 0.15) is 0 Å². The van der Waals surface area contributed by atoms with E-state index in [2.05, 4.69) is 48.8 Å². The second kappa shape index (κ2) is 4.08. The second-order valence-corrected chi connectivity index (χ2v) is 3.88. The molecule has 0 radical (unpaired) electrons. The molecular formula is C11H15Br. The fourth-order valence-electron chi connectivity index (χ4n) is 1.66. The zero-order valence-electron chi connectivity index (χ0n) is 7.95. The Morgan fingerprint density at radius 1 is 1.08 bits per heavy atom. The fourth-order valence-corrected chi connectivity index (χ4v) is 2.31. The molecule has 0 unspecified atom stereocenters. The topological polar surface area (TPSA) is 0 Å². The Bertz CT molecular complexity index is 248. The van der Waals surface area contributed by atoms with Gasteiger partial charge in [-0.1, -0.05) is 35.8 Å². The first kappa shape index (κ1) is 9.79. The third-order valence-electron chi connectivity index (χ3n) is 2.32. The lowest BCUT2D eigenvalue weighted by Crippen LogP contribution is -1.95. The van der Waals surface area contributed by atoms with Crippen LogP contribution in [0.2, 0.25) is 0 Å². The molecule has 0 aliphatic carbocycles. The Morgan fingerprint density at radius 3 is 2.08 bits per heavy atom. The molecule has 0 bridgehead atoms. The number of hydrogen-bond donors (Lipinski definition) is 0. The van der Waals surface area contributed by atoms with Crippen LogP contribution in [-0.4, -0.2) is 0 Å². The average molecular weight is 227 g/mol. The van der Waals surface area contributed by atoms with Gasteiger partial charge in [0.2, 0.25) is 0 Å². The molecule has 0 aliphatic rings. The Kier molecular flexibility index (Phi) is 3.33. The van der Waals surface area contributed by atoms with Crippen LogP contribution in [0.15, 0.2) is 16.6 Å². The monoisotopic (exact) mass is 226 g/mol. The zero-order valence-corrected chi connectivity index (χ0v) is 9.53. The summed E-state index contributed by atoms with van der Waals surface area (Å²) < 4.78 is 1.26. The van der Waals surface area contributed by atoms with Gasteiger partial charge in [0.25, 0.3) is 0 Å². The molecule has 1 heteroatoms. The van der Waals surface area contributed by atoms with Crippen molar-refractivity contribution in [2.45, 2.75) is 33.6 Å². The van der Waals surface area contributed by atoms with Crippen LogP contribution < -0.4 is 0 Å². The SMILES string of the molecule is CCc1c(C)ccc(Br)c1CC. The van der Waals surface area contributed by atoms with E-state index in [4.69, 9.17) is 0 Å². The maximum Gasteiger partial charge on any atom is 0.0210 e. The van der Waals surface area contributed by atoms with Gasteiger partial charge in [-0.15, -0.1) is 0 Å². The van der Waals surface area contributed by atoms with Gasteiger partial charge in [0, 0.05) is 4.47 Å². The summed E-state index contributed by atoms with van der Waals surface area (Å²) in [6, 6.07) is 4.33. The van der Waals surface area contributed by atoms with Gasteiger partial charge in [-0.05, 0) is 42.5 Å². The average Bonchev–Trinajstić information content (AvgIpc) is 2.08. The number of hydrogen-bond acceptors (Lipinski definition) is 0. The summed E-state index contributed by atoms with van der Waals surface area (Å²) >= 11 is 3.58. The molecule has 12 heavy (non-hydrogen) atoms. The molecular weight excluding hydrogens is 212 g/mol. The quantitative estimate of drug-likeness (QED) is 0.719. The molecule has 66 valence electrons. The maximum absolute atomic E-state index is 3.58. The molecule has 0 heterocycles. The Balaban J connectivity index is 3.28. The first-order valence-corrected chi connectivity index (χ1v) is 5.26. The van der Waals surface area contributed by atoms with Gasteiger partial charge in [-0.2, -0.15) is 0 Å². The smallest absolute Gasteiger partial charge is 0.0210 e. The lowest BCUT2D eigenvalue weighted by atomic mass is 9.98. The first-order chi connectivity index (χ1) is 5.70.